The number of hydrogen-bond donors (Lipinski definition) is 1. The van der Waals surface area contributed by atoms with Crippen molar-refractivity contribution in [1.29, 1.82) is 0 Å². The summed E-state index contributed by atoms with van der Waals surface area (Å²) in [7, 11) is -4.12. The molecule has 1 heterocycles. The highest BCUT2D eigenvalue weighted by Crippen LogP contribution is 2.44. The highest BCUT2D eigenvalue weighted by Gasteiger charge is 2.40. The Morgan fingerprint density at radius 1 is 1.03 bits per heavy atom. The van der Waals surface area contributed by atoms with E-state index in [4.69, 9.17) is 9.47 Å². The van der Waals surface area contributed by atoms with E-state index in [-0.39, 0.29) is 22.5 Å². The van der Waals surface area contributed by atoms with Gasteiger partial charge in [0.1, 0.15) is 25.6 Å². The molecular weight excluding hydrogens is 435 g/mol. The first-order valence-corrected chi connectivity index (χ1v) is 12.3. The van der Waals surface area contributed by atoms with Crippen molar-refractivity contribution < 1.29 is 27.1 Å². The van der Waals surface area contributed by atoms with Gasteiger partial charge in [0.05, 0.1) is 10.6 Å². The van der Waals surface area contributed by atoms with Crippen molar-refractivity contribution in [3.05, 3.63) is 48.3 Å². The minimum absolute atomic E-state index is 0.0289. The van der Waals surface area contributed by atoms with Gasteiger partial charge in [0, 0.05) is 12.1 Å². The molecule has 0 saturated heterocycles. The maximum absolute atomic E-state index is 13.6. The van der Waals surface area contributed by atoms with Gasteiger partial charge in [-0.25, -0.2) is 12.8 Å². The highest BCUT2D eigenvalue weighted by atomic mass is 32.2. The van der Waals surface area contributed by atoms with Gasteiger partial charge >= 0.3 is 0 Å². The van der Waals surface area contributed by atoms with E-state index in [0.29, 0.717) is 36.5 Å². The molecule has 170 valence electrons. The van der Waals surface area contributed by atoms with Crippen molar-refractivity contribution in [1.82, 2.24) is 5.32 Å². The van der Waals surface area contributed by atoms with Gasteiger partial charge in [-0.2, -0.15) is 0 Å². The average molecular weight is 461 g/mol. The van der Waals surface area contributed by atoms with Gasteiger partial charge in [0.25, 0.3) is 10.0 Å². The highest BCUT2D eigenvalue weighted by molar-refractivity contribution is 7.92. The second-order valence-electron chi connectivity index (χ2n) is 8.64. The third-order valence-electron chi connectivity index (χ3n) is 6.59. The minimum atomic E-state index is -4.12. The maximum Gasteiger partial charge on any atom is 0.264 e. The number of fused-ring (bicyclic) bond motifs is 3. The molecule has 0 radical (unpaired) electrons. The van der Waals surface area contributed by atoms with Crippen molar-refractivity contribution in [2.45, 2.75) is 36.6 Å². The van der Waals surface area contributed by atoms with E-state index in [1.54, 1.807) is 6.07 Å². The van der Waals surface area contributed by atoms with Crippen LogP contribution in [0.15, 0.2) is 47.4 Å². The molecule has 0 aromatic heterocycles. The van der Waals surface area contributed by atoms with Crippen LogP contribution in [0.25, 0.3) is 0 Å². The molecule has 0 spiro atoms. The fraction of sp³-hybridized carbons (Fsp3) is 0.435. The van der Waals surface area contributed by atoms with Crippen molar-refractivity contribution in [2.75, 3.05) is 24.1 Å². The Hall–Kier alpha value is -2.81. The molecule has 7 nitrogen and oxygen atoms in total. The second-order valence-corrected chi connectivity index (χ2v) is 10.5. The lowest BCUT2D eigenvalue weighted by atomic mass is 9.95. The zero-order valence-corrected chi connectivity index (χ0v) is 18.3. The first-order valence-electron chi connectivity index (χ1n) is 10.9. The predicted molar refractivity (Wildman–Crippen MR) is 116 cm³/mol. The van der Waals surface area contributed by atoms with Crippen LogP contribution < -0.4 is 19.1 Å². The summed E-state index contributed by atoms with van der Waals surface area (Å²) >= 11 is 0. The maximum atomic E-state index is 13.6. The van der Waals surface area contributed by atoms with E-state index >= 15 is 0 Å². The van der Waals surface area contributed by atoms with Crippen LogP contribution in [0.3, 0.4) is 0 Å². The molecule has 2 aliphatic carbocycles. The average Bonchev–Trinajstić information content (AvgIpc) is 3.41. The largest absolute Gasteiger partial charge is 0.486 e. The number of nitrogens with zero attached hydrogens (tertiary/aromatic N) is 1. The lowest BCUT2D eigenvalue weighted by Gasteiger charge is -2.27. The van der Waals surface area contributed by atoms with Crippen LogP contribution in [0.5, 0.6) is 11.5 Å². The summed E-state index contributed by atoms with van der Waals surface area (Å²) in [6.45, 7) is 0.324. The Balaban J connectivity index is 1.42. The molecule has 1 N–H and O–H groups in total. The van der Waals surface area contributed by atoms with Crippen LogP contribution in [0, 0.1) is 17.7 Å². The predicted octanol–water partition coefficient (Wildman–Crippen LogP) is 3.10. The number of anilines is 1. The van der Waals surface area contributed by atoms with Gasteiger partial charge in [-0.15, -0.1) is 0 Å². The number of rotatable bonds is 6. The smallest absolute Gasteiger partial charge is 0.264 e. The number of carbonyl (C=O) groups excluding carboxylic acids is 1. The number of sulfonamides is 1. The summed E-state index contributed by atoms with van der Waals surface area (Å²) in [5.41, 5.74) is 0.212. The molecule has 5 rings (SSSR count). The van der Waals surface area contributed by atoms with Crippen molar-refractivity contribution in [3.63, 3.8) is 0 Å². The summed E-state index contributed by atoms with van der Waals surface area (Å²) in [6, 6.07) is 9.52. The molecule has 2 fully saturated rings. The number of ether oxygens (including phenoxy) is 2. The van der Waals surface area contributed by atoms with Crippen LogP contribution in [-0.2, 0) is 14.8 Å². The van der Waals surface area contributed by atoms with Gasteiger partial charge in [-0.3, -0.25) is 9.10 Å². The van der Waals surface area contributed by atoms with Crippen LogP contribution in [0.1, 0.15) is 25.7 Å². The summed E-state index contributed by atoms with van der Waals surface area (Å²) in [5, 5.41) is 3.03. The fourth-order valence-electron chi connectivity index (χ4n) is 5.04. The lowest BCUT2D eigenvalue weighted by molar-refractivity contribution is -0.120. The molecule has 32 heavy (non-hydrogen) atoms. The normalized spacial score (nSPS) is 23.7. The van der Waals surface area contributed by atoms with E-state index in [9.17, 15) is 17.6 Å². The molecule has 3 aliphatic rings. The molecular formula is C23H25FN2O5S. The number of carbonyl (C=O) groups is 1. The molecule has 3 atom stereocenters. The summed E-state index contributed by atoms with van der Waals surface area (Å²) in [6.07, 6.45) is 4.38. The Bertz CT molecular complexity index is 1120. The zero-order valence-electron chi connectivity index (χ0n) is 17.5. The molecule has 2 aromatic rings. The van der Waals surface area contributed by atoms with Crippen LogP contribution in [0.4, 0.5) is 10.1 Å². The monoisotopic (exact) mass is 460 g/mol. The quantitative estimate of drug-likeness (QED) is 0.716. The van der Waals surface area contributed by atoms with E-state index in [1.807, 2.05) is 0 Å². The Morgan fingerprint density at radius 3 is 2.47 bits per heavy atom. The fourth-order valence-corrected chi connectivity index (χ4v) is 6.48. The molecule has 1 aliphatic heterocycles. The van der Waals surface area contributed by atoms with Gasteiger partial charge < -0.3 is 14.8 Å². The molecule has 1 amide bonds. The van der Waals surface area contributed by atoms with Crippen LogP contribution >= 0.6 is 0 Å². The summed E-state index contributed by atoms with van der Waals surface area (Å²) < 4.78 is 52.6. The number of halogens is 1. The minimum Gasteiger partial charge on any atom is -0.486 e. The van der Waals surface area contributed by atoms with E-state index in [0.717, 1.165) is 23.6 Å². The van der Waals surface area contributed by atoms with Crippen molar-refractivity contribution in [3.8, 4) is 11.5 Å². The van der Waals surface area contributed by atoms with Crippen LogP contribution in [-0.4, -0.2) is 40.1 Å². The molecule has 2 bridgehead atoms. The second kappa shape index (κ2) is 8.27. The summed E-state index contributed by atoms with van der Waals surface area (Å²) in [5.74, 6) is 1.07. The van der Waals surface area contributed by atoms with Crippen molar-refractivity contribution in [2.24, 2.45) is 11.8 Å². The molecule has 0 unspecified atom stereocenters. The first kappa shape index (κ1) is 21.1. The van der Waals surface area contributed by atoms with Gasteiger partial charge in [0.15, 0.2) is 11.5 Å². The number of benzene rings is 2. The lowest BCUT2D eigenvalue weighted by Crippen LogP contribution is -2.46. The van der Waals surface area contributed by atoms with E-state index in [2.05, 4.69) is 5.32 Å². The molecule has 2 saturated carbocycles. The third-order valence-corrected chi connectivity index (χ3v) is 8.36. The van der Waals surface area contributed by atoms with E-state index in [1.165, 1.54) is 42.8 Å². The molecule has 2 aromatic carbocycles. The standard InChI is InChI=1S/C23H25FN2O5S/c24-17-3-5-18(6-4-17)26(14-23(27)25-20-12-15-1-2-16(20)11-15)32(28,29)19-7-8-21-22(13-19)31-10-9-30-21/h3-8,13,15-16,20H,1-2,9-12,14H2,(H,25,27)/t15-,16-,20+/m0/s1. The summed E-state index contributed by atoms with van der Waals surface area (Å²) in [4.78, 5) is 12.9. The third kappa shape index (κ3) is 4.01. The van der Waals surface area contributed by atoms with E-state index < -0.39 is 22.4 Å². The first-order chi connectivity index (χ1) is 15.4. The SMILES string of the molecule is O=C(CN(c1ccc(F)cc1)S(=O)(=O)c1ccc2c(c1)OCCO2)N[C@@H]1C[C@H]2CC[C@H]1C2. The Kier molecular flexibility index (Phi) is 5.44. The van der Waals surface area contributed by atoms with Crippen LogP contribution in [0.2, 0.25) is 0 Å². The number of amides is 1. The zero-order chi connectivity index (χ0) is 22.3. The van der Waals surface area contributed by atoms with Crippen molar-refractivity contribution >= 4 is 21.6 Å². The Labute approximate surface area is 186 Å². The van der Waals surface area contributed by atoms with Gasteiger partial charge in [-0.05, 0) is 67.5 Å². The van der Waals surface area contributed by atoms with Gasteiger partial charge in [0.2, 0.25) is 5.91 Å². The number of hydrogen-bond acceptors (Lipinski definition) is 5. The van der Waals surface area contributed by atoms with Gasteiger partial charge in [-0.1, -0.05) is 6.42 Å². The Morgan fingerprint density at radius 2 is 1.78 bits per heavy atom. The number of nitrogens with one attached hydrogen (secondary N) is 1. The molecule has 9 heteroatoms. The topological polar surface area (TPSA) is 84.9 Å².